The number of amides is 1. The summed E-state index contributed by atoms with van der Waals surface area (Å²) >= 11 is 6.51. The molecule has 0 aliphatic carbocycles. The molecule has 0 radical (unpaired) electrons. The van der Waals surface area contributed by atoms with Crippen molar-refractivity contribution in [3.05, 3.63) is 77.1 Å². The molecule has 3 aromatic heterocycles. The van der Waals surface area contributed by atoms with E-state index in [1.165, 1.54) is 29.2 Å². The van der Waals surface area contributed by atoms with Crippen molar-refractivity contribution in [3.8, 4) is 22.9 Å². The van der Waals surface area contributed by atoms with E-state index in [0.29, 0.717) is 34.3 Å². The van der Waals surface area contributed by atoms with E-state index in [1.807, 2.05) is 17.6 Å². The number of piperidine rings is 1. The Hall–Kier alpha value is -4.36. The van der Waals surface area contributed by atoms with E-state index in [-0.39, 0.29) is 35.0 Å². The fraction of sp³-hybridized carbons (Fsp3) is 0.267. The average molecular weight is 632 g/mol. The third-order valence-corrected chi connectivity index (χ3v) is 7.95. The second-order valence-electron chi connectivity index (χ2n) is 10.4. The molecule has 2 atom stereocenters. The van der Waals surface area contributed by atoms with E-state index >= 15 is 8.78 Å². The number of aliphatic hydroxyl groups is 1. The zero-order chi connectivity index (χ0) is 31.3. The van der Waals surface area contributed by atoms with Gasteiger partial charge >= 0.3 is 12.2 Å². The van der Waals surface area contributed by atoms with Crippen molar-refractivity contribution in [1.82, 2.24) is 24.4 Å². The molecular formula is C30H23ClF5N5O3. The minimum Gasteiger partial charge on any atom is -0.424 e. The molecular weight excluding hydrogens is 609 g/mol. The lowest BCUT2D eigenvalue weighted by Crippen LogP contribution is -2.46. The van der Waals surface area contributed by atoms with Gasteiger partial charge in [-0.25, -0.2) is 13.8 Å². The lowest BCUT2D eigenvalue weighted by molar-refractivity contribution is -0.141. The number of benzene rings is 2. The quantitative estimate of drug-likeness (QED) is 0.218. The molecule has 0 saturated carbocycles. The van der Waals surface area contributed by atoms with E-state index in [0.717, 1.165) is 11.9 Å². The molecule has 1 aliphatic heterocycles. The van der Waals surface area contributed by atoms with Gasteiger partial charge in [-0.15, -0.1) is 0 Å². The van der Waals surface area contributed by atoms with Crippen molar-refractivity contribution >= 4 is 39.3 Å². The second-order valence-corrected chi connectivity index (χ2v) is 10.8. The predicted octanol–water partition coefficient (Wildman–Crippen LogP) is 6.66. The molecule has 5 aromatic rings. The van der Waals surface area contributed by atoms with Crippen LogP contribution in [0.4, 0.5) is 22.0 Å². The molecule has 1 saturated heterocycles. The van der Waals surface area contributed by atoms with Crippen molar-refractivity contribution in [2.24, 2.45) is 0 Å². The largest absolute Gasteiger partial charge is 0.433 e. The Balaban J connectivity index is 1.38. The second kappa shape index (κ2) is 11.3. The highest BCUT2D eigenvalue weighted by Crippen LogP contribution is 2.40. The number of alkyl halides is 4. The summed E-state index contributed by atoms with van der Waals surface area (Å²) in [6.45, 7) is 1.24. The van der Waals surface area contributed by atoms with E-state index < -0.39 is 48.4 Å². The van der Waals surface area contributed by atoms with Gasteiger partial charge in [0.25, 0.3) is 0 Å². The number of hydrogen-bond acceptors (Lipinski definition) is 6. The Morgan fingerprint density at radius 2 is 1.93 bits per heavy atom. The summed E-state index contributed by atoms with van der Waals surface area (Å²) in [7, 11) is 0. The van der Waals surface area contributed by atoms with Gasteiger partial charge in [0.15, 0.2) is 5.69 Å². The number of nitrogens with zero attached hydrogens (tertiary/aromatic N) is 5. The number of aliphatic hydroxyl groups excluding tert-OH is 1. The number of aromatic nitrogens is 4. The van der Waals surface area contributed by atoms with Crippen LogP contribution in [0.15, 0.2) is 54.9 Å². The number of hydrogen-bond donors (Lipinski definition) is 1. The third kappa shape index (κ3) is 5.41. The summed E-state index contributed by atoms with van der Waals surface area (Å²) in [5.74, 6) is -1.13. The van der Waals surface area contributed by atoms with Crippen molar-refractivity contribution in [2.75, 3.05) is 19.7 Å². The smallest absolute Gasteiger partial charge is 0.424 e. The first-order chi connectivity index (χ1) is 20.9. The Kier molecular flexibility index (Phi) is 7.62. The van der Waals surface area contributed by atoms with Crippen molar-refractivity contribution in [1.29, 1.82) is 0 Å². The maximum atomic E-state index is 15.5. The number of aryl methyl sites for hydroxylation is 1. The number of likely N-dealkylation sites (tertiary alicyclic amines) is 1. The molecule has 6 rings (SSSR count). The van der Waals surface area contributed by atoms with Gasteiger partial charge in [0.05, 0.1) is 28.6 Å². The average Bonchev–Trinajstić information content (AvgIpc) is 3.32. The van der Waals surface area contributed by atoms with Gasteiger partial charge in [-0.2, -0.15) is 18.2 Å². The Morgan fingerprint density at radius 1 is 1.14 bits per heavy atom. The fourth-order valence-electron chi connectivity index (χ4n) is 5.64. The Labute approximate surface area is 251 Å². The van der Waals surface area contributed by atoms with E-state index in [4.69, 9.17) is 16.3 Å². The summed E-state index contributed by atoms with van der Waals surface area (Å²) in [6, 6.07) is 8.41. The van der Waals surface area contributed by atoms with Crippen LogP contribution in [0.3, 0.4) is 0 Å². The molecule has 228 valence electrons. The maximum Gasteiger partial charge on any atom is 0.433 e. The lowest BCUT2D eigenvalue weighted by Gasteiger charge is -2.36. The van der Waals surface area contributed by atoms with Crippen LogP contribution in [0.1, 0.15) is 23.9 Å². The molecule has 0 bridgehead atoms. The highest BCUT2D eigenvalue weighted by Gasteiger charge is 2.35. The van der Waals surface area contributed by atoms with E-state index in [2.05, 4.69) is 15.0 Å². The van der Waals surface area contributed by atoms with Crippen molar-refractivity contribution in [3.63, 3.8) is 0 Å². The third-order valence-electron chi connectivity index (χ3n) is 7.63. The predicted molar refractivity (Wildman–Crippen MR) is 152 cm³/mol. The van der Waals surface area contributed by atoms with Crippen LogP contribution < -0.4 is 4.74 Å². The zero-order valence-corrected chi connectivity index (χ0v) is 23.7. The summed E-state index contributed by atoms with van der Waals surface area (Å²) < 4.78 is 77.3. The number of carbonyl (C=O) groups excluding carboxylic acids is 1. The summed E-state index contributed by atoms with van der Waals surface area (Å²) in [6.07, 6.45) is -3.29. The zero-order valence-electron chi connectivity index (χ0n) is 22.9. The van der Waals surface area contributed by atoms with Crippen LogP contribution in [0.2, 0.25) is 5.02 Å². The molecule has 8 nitrogen and oxygen atoms in total. The molecule has 14 heteroatoms. The Morgan fingerprint density at radius 3 is 2.64 bits per heavy atom. The van der Waals surface area contributed by atoms with Gasteiger partial charge in [-0.1, -0.05) is 11.6 Å². The summed E-state index contributed by atoms with van der Waals surface area (Å²) in [4.78, 5) is 24.7. The lowest BCUT2D eigenvalue weighted by atomic mass is 10.00. The number of ether oxygens (including phenoxy) is 1. The van der Waals surface area contributed by atoms with Crippen LogP contribution >= 0.6 is 11.6 Å². The first kappa shape index (κ1) is 29.7. The van der Waals surface area contributed by atoms with Gasteiger partial charge in [0, 0.05) is 58.7 Å². The van der Waals surface area contributed by atoms with Gasteiger partial charge < -0.3 is 19.3 Å². The van der Waals surface area contributed by atoms with E-state index in [1.54, 1.807) is 12.3 Å². The monoisotopic (exact) mass is 631 g/mol. The molecule has 1 aliphatic rings. The molecule has 0 spiro atoms. The van der Waals surface area contributed by atoms with Gasteiger partial charge in [0.2, 0.25) is 5.91 Å². The molecule has 1 N–H and O–H groups in total. The maximum absolute atomic E-state index is 15.5. The van der Waals surface area contributed by atoms with Crippen molar-refractivity contribution in [2.45, 2.75) is 31.7 Å². The van der Waals surface area contributed by atoms with Crippen LogP contribution in [0.25, 0.3) is 32.9 Å². The fourth-order valence-corrected chi connectivity index (χ4v) is 5.91. The first-order valence-corrected chi connectivity index (χ1v) is 13.8. The first-order valence-electron chi connectivity index (χ1n) is 13.4. The van der Waals surface area contributed by atoms with Crippen molar-refractivity contribution < 1.29 is 36.6 Å². The number of halogens is 6. The number of rotatable bonds is 5. The minimum absolute atomic E-state index is 0.0350. The number of fused-ring (bicyclic) bond motifs is 3. The van der Waals surface area contributed by atoms with Crippen LogP contribution in [-0.2, 0) is 11.0 Å². The van der Waals surface area contributed by atoms with Crippen LogP contribution in [-0.4, -0.2) is 61.3 Å². The molecule has 4 heterocycles. The van der Waals surface area contributed by atoms with E-state index in [9.17, 15) is 23.1 Å². The van der Waals surface area contributed by atoms with Gasteiger partial charge in [0.1, 0.15) is 24.3 Å². The topological polar surface area (TPSA) is 93.4 Å². The standard InChI is InChI=1S/C30H23ClF5N5O3/c1-15-8-16-12-38-24-11-22(32)19(10-20(24)28(16)41(15)25-5-7-40(13-23(25)33)27(43)14-42)18-3-2-17(9-21(18)31)44-29-37-6-4-26(39-29)30(34,35)36/h2-4,6,8-12,23,25,42H,5,7,13-14H2,1H3/t23-,25-/m0/s1. The normalized spacial score (nSPS) is 17.4. The Bertz CT molecular complexity index is 1910. The number of carbonyl (C=O) groups is 1. The highest BCUT2D eigenvalue weighted by molar-refractivity contribution is 6.33. The van der Waals surface area contributed by atoms with Gasteiger partial charge in [-0.3, -0.25) is 9.78 Å². The van der Waals surface area contributed by atoms with Crippen LogP contribution in [0, 0.1) is 12.7 Å². The van der Waals surface area contributed by atoms with Gasteiger partial charge in [-0.05, 0) is 43.7 Å². The number of pyridine rings is 1. The molecule has 44 heavy (non-hydrogen) atoms. The summed E-state index contributed by atoms with van der Waals surface area (Å²) in [5.41, 5.74) is 0.941. The SMILES string of the molecule is Cc1cc2cnc3cc(F)c(-c4ccc(Oc5nccc(C(F)(F)F)n5)cc4Cl)cc3c2n1[C@H]1CCN(C(=O)CO)C[C@@H]1F. The summed E-state index contributed by atoms with van der Waals surface area (Å²) in [5, 5.41) is 10.5. The minimum atomic E-state index is -4.68. The molecule has 1 fully saturated rings. The molecule has 2 aromatic carbocycles. The van der Waals surface area contributed by atoms with Crippen LogP contribution in [0.5, 0.6) is 11.8 Å². The highest BCUT2D eigenvalue weighted by atomic mass is 35.5. The molecule has 1 amide bonds. The molecule has 0 unspecified atom stereocenters.